The zero-order chi connectivity index (χ0) is 10.1. The van der Waals surface area contributed by atoms with Crippen LogP contribution in [0, 0.1) is 4.91 Å². The van der Waals surface area contributed by atoms with Crippen molar-refractivity contribution in [1.82, 2.24) is 0 Å². The second-order valence-electron chi connectivity index (χ2n) is 4.11. The first-order valence-electron chi connectivity index (χ1n) is 4.18. The first-order chi connectivity index (χ1) is 5.95. The molecule has 0 aliphatic heterocycles. The van der Waals surface area contributed by atoms with Gasteiger partial charge in [-0.3, -0.25) is 0 Å². The van der Waals surface area contributed by atoms with Gasteiger partial charge in [0.2, 0.25) is 0 Å². The Kier molecular flexibility index (Phi) is 2.36. The quantitative estimate of drug-likeness (QED) is 0.531. The van der Waals surface area contributed by atoms with Crippen LogP contribution in [0.15, 0.2) is 23.4 Å². The van der Waals surface area contributed by atoms with E-state index in [1.165, 1.54) is 0 Å². The molecular weight excluding hydrogens is 164 g/mol. The SMILES string of the molecule is CC(C)(C)c1ccc(N=O)cc1N. The molecular formula is C10H14N2O. The van der Waals surface area contributed by atoms with Crippen molar-refractivity contribution in [3.8, 4) is 0 Å². The number of hydrogen-bond acceptors (Lipinski definition) is 3. The normalized spacial score (nSPS) is 11.3. The number of nitrogens with zero attached hydrogens (tertiary/aromatic N) is 1. The van der Waals surface area contributed by atoms with Crippen molar-refractivity contribution < 1.29 is 0 Å². The summed E-state index contributed by atoms with van der Waals surface area (Å²) in [7, 11) is 0. The van der Waals surface area contributed by atoms with E-state index in [2.05, 4.69) is 25.9 Å². The molecule has 0 unspecified atom stereocenters. The maximum atomic E-state index is 10.2. The van der Waals surface area contributed by atoms with E-state index in [1.807, 2.05) is 6.07 Å². The highest BCUT2D eigenvalue weighted by Gasteiger charge is 2.16. The summed E-state index contributed by atoms with van der Waals surface area (Å²) in [4.78, 5) is 10.2. The van der Waals surface area contributed by atoms with Gasteiger partial charge in [0.05, 0.1) is 0 Å². The van der Waals surface area contributed by atoms with Crippen LogP contribution in [0.2, 0.25) is 0 Å². The maximum absolute atomic E-state index is 10.2. The molecule has 0 aliphatic rings. The van der Waals surface area contributed by atoms with E-state index in [0.29, 0.717) is 11.4 Å². The summed E-state index contributed by atoms with van der Waals surface area (Å²) in [5, 5.41) is 2.82. The summed E-state index contributed by atoms with van der Waals surface area (Å²) in [6.07, 6.45) is 0. The standard InChI is InChI=1S/C10H14N2O/c1-10(2,3)8-5-4-7(12-13)6-9(8)11/h4-6H,11H2,1-3H3. The monoisotopic (exact) mass is 178 g/mol. The zero-order valence-corrected chi connectivity index (χ0v) is 8.16. The Balaban J connectivity index is 3.20. The molecule has 3 heteroatoms. The highest BCUT2D eigenvalue weighted by atomic mass is 16.3. The smallest absolute Gasteiger partial charge is 0.110 e. The van der Waals surface area contributed by atoms with E-state index >= 15 is 0 Å². The van der Waals surface area contributed by atoms with Gasteiger partial charge in [0.25, 0.3) is 0 Å². The van der Waals surface area contributed by atoms with Crippen LogP contribution in [-0.4, -0.2) is 0 Å². The van der Waals surface area contributed by atoms with Crippen LogP contribution < -0.4 is 5.73 Å². The predicted octanol–water partition coefficient (Wildman–Crippen LogP) is 2.96. The lowest BCUT2D eigenvalue weighted by molar-refractivity contribution is 0.592. The Morgan fingerprint density at radius 1 is 1.31 bits per heavy atom. The van der Waals surface area contributed by atoms with Gasteiger partial charge in [0.1, 0.15) is 5.69 Å². The second-order valence-corrected chi connectivity index (χ2v) is 4.11. The third kappa shape index (κ3) is 2.05. The van der Waals surface area contributed by atoms with Gasteiger partial charge in [-0.15, -0.1) is 4.91 Å². The molecule has 0 spiro atoms. The fourth-order valence-electron chi connectivity index (χ4n) is 1.29. The van der Waals surface area contributed by atoms with E-state index in [9.17, 15) is 4.91 Å². The van der Waals surface area contributed by atoms with E-state index in [-0.39, 0.29) is 5.41 Å². The molecule has 1 rings (SSSR count). The topological polar surface area (TPSA) is 55.5 Å². The van der Waals surface area contributed by atoms with Gasteiger partial charge in [0, 0.05) is 5.69 Å². The summed E-state index contributed by atoms with van der Waals surface area (Å²) in [5.74, 6) is 0. The number of anilines is 1. The van der Waals surface area contributed by atoms with Crippen LogP contribution in [0.4, 0.5) is 11.4 Å². The summed E-state index contributed by atoms with van der Waals surface area (Å²) < 4.78 is 0. The number of hydrogen-bond donors (Lipinski definition) is 1. The highest BCUT2D eigenvalue weighted by molar-refractivity contribution is 5.58. The van der Waals surface area contributed by atoms with E-state index in [1.54, 1.807) is 12.1 Å². The van der Waals surface area contributed by atoms with Crippen molar-refractivity contribution in [2.45, 2.75) is 26.2 Å². The summed E-state index contributed by atoms with van der Waals surface area (Å²) in [6.45, 7) is 6.23. The summed E-state index contributed by atoms with van der Waals surface area (Å²) >= 11 is 0. The third-order valence-electron chi connectivity index (χ3n) is 1.95. The van der Waals surface area contributed by atoms with Gasteiger partial charge in [-0.1, -0.05) is 26.8 Å². The fraction of sp³-hybridized carbons (Fsp3) is 0.400. The lowest BCUT2D eigenvalue weighted by atomic mass is 9.86. The van der Waals surface area contributed by atoms with Crippen molar-refractivity contribution in [3.05, 3.63) is 28.7 Å². The van der Waals surface area contributed by atoms with Gasteiger partial charge < -0.3 is 5.73 Å². The fourth-order valence-corrected chi connectivity index (χ4v) is 1.29. The molecule has 0 saturated carbocycles. The molecule has 0 aromatic heterocycles. The Hall–Kier alpha value is -1.38. The van der Waals surface area contributed by atoms with Gasteiger partial charge >= 0.3 is 0 Å². The van der Waals surface area contributed by atoms with Crippen molar-refractivity contribution in [2.24, 2.45) is 5.18 Å². The molecule has 0 fully saturated rings. The molecule has 0 bridgehead atoms. The number of rotatable bonds is 1. The first-order valence-corrected chi connectivity index (χ1v) is 4.18. The van der Waals surface area contributed by atoms with Crippen molar-refractivity contribution in [2.75, 3.05) is 5.73 Å². The molecule has 0 saturated heterocycles. The van der Waals surface area contributed by atoms with Crippen molar-refractivity contribution in [3.63, 3.8) is 0 Å². The molecule has 0 radical (unpaired) electrons. The third-order valence-corrected chi connectivity index (χ3v) is 1.95. The zero-order valence-electron chi connectivity index (χ0n) is 8.16. The van der Waals surface area contributed by atoms with Crippen LogP contribution in [0.5, 0.6) is 0 Å². The molecule has 1 aromatic carbocycles. The van der Waals surface area contributed by atoms with Crippen LogP contribution in [0.3, 0.4) is 0 Å². The Bertz CT molecular complexity index is 326. The molecule has 0 aliphatic carbocycles. The number of nitrogen functional groups attached to an aromatic ring is 1. The largest absolute Gasteiger partial charge is 0.398 e. The Labute approximate surface area is 77.9 Å². The molecule has 1 aromatic rings. The highest BCUT2D eigenvalue weighted by Crippen LogP contribution is 2.30. The van der Waals surface area contributed by atoms with Crippen molar-refractivity contribution in [1.29, 1.82) is 0 Å². The minimum atomic E-state index is 0.00545. The predicted molar refractivity (Wildman–Crippen MR) is 55.0 cm³/mol. The second kappa shape index (κ2) is 3.17. The first kappa shape index (κ1) is 9.71. The molecule has 0 atom stereocenters. The molecule has 0 amide bonds. The van der Waals surface area contributed by atoms with Gasteiger partial charge in [-0.05, 0) is 28.3 Å². The number of nitrogens with two attached hydrogens (primary N) is 1. The number of benzene rings is 1. The van der Waals surface area contributed by atoms with E-state index < -0.39 is 0 Å². The lowest BCUT2D eigenvalue weighted by Crippen LogP contribution is -2.13. The molecule has 3 nitrogen and oxygen atoms in total. The van der Waals surface area contributed by atoms with Crippen molar-refractivity contribution >= 4 is 11.4 Å². The average molecular weight is 178 g/mol. The number of nitroso groups, excluding NO2 is 1. The van der Waals surface area contributed by atoms with Crippen LogP contribution in [0.1, 0.15) is 26.3 Å². The molecule has 0 heterocycles. The lowest BCUT2D eigenvalue weighted by Gasteiger charge is -2.20. The maximum Gasteiger partial charge on any atom is 0.110 e. The van der Waals surface area contributed by atoms with Crippen LogP contribution in [0.25, 0.3) is 0 Å². The van der Waals surface area contributed by atoms with Gasteiger partial charge in [0.15, 0.2) is 0 Å². The summed E-state index contributed by atoms with van der Waals surface area (Å²) in [5.41, 5.74) is 7.84. The Morgan fingerprint density at radius 2 is 1.92 bits per heavy atom. The van der Waals surface area contributed by atoms with Gasteiger partial charge in [-0.25, -0.2) is 0 Å². The molecule has 2 N–H and O–H groups in total. The molecule has 13 heavy (non-hydrogen) atoms. The van der Waals surface area contributed by atoms with Gasteiger partial charge in [-0.2, -0.15) is 0 Å². The minimum absolute atomic E-state index is 0.00545. The van der Waals surface area contributed by atoms with Crippen LogP contribution in [-0.2, 0) is 5.41 Å². The minimum Gasteiger partial charge on any atom is -0.398 e. The average Bonchev–Trinajstić information content (AvgIpc) is 2.01. The summed E-state index contributed by atoms with van der Waals surface area (Å²) in [6, 6.07) is 5.14. The molecule has 70 valence electrons. The van der Waals surface area contributed by atoms with E-state index in [4.69, 9.17) is 5.73 Å². The van der Waals surface area contributed by atoms with Crippen LogP contribution >= 0.6 is 0 Å². The Morgan fingerprint density at radius 3 is 2.31 bits per heavy atom. The van der Waals surface area contributed by atoms with E-state index in [0.717, 1.165) is 5.56 Å².